The zero-order chi connectivity index (χ0) is 14.6. The Labute approximate surface area is 112 Å². The van der Waals surface area contributed by atoms with Crippen molar-refractivity contribution in [1.29, 1.82) is 0 Å². The topological polar surface area (TPSA) is 46.6 Å². The van der Waals surface area contributed by atoms with Crippen LogP contribution in [0.3, 0.4) is 0 Å². The number of rotatable bonds is 6. The standard InChI is InChI=1S/C12H17F2NO3S/c1-9(2)15(3)19(16,17)11-6-4-10(5-7-11)18-8-12(13)14/h4-7,9,12H,8H2,1-3H3. The summed E-state index contributed by atoms with van der Waals surface area (Å²) in [5, 5.41) is 0. The van der Waals surface area contributed by atoms with Crippen molar-refractivity contribution in [2.45, 2.75) is 31.2 Å². The lowest BCUT2D eigenvalue weighted by Gasteiger charge is -2.21. The molecule has 1 aromatic carbocycles. The third-order valence-electron chi connectivity index (χ3n) is 2.60. The second kappa shape index (κ2) is 6.29. The fourth-order valence-electron chi connectivity index (χ4n) is 1.31. The Morgan fingerprint density at radius 3 is 2.16 bits per heavy atom. The zero-order valence-corrected chi connectivity index (χ0v) is 11.8. The van der Waals surface area contributed by atoms with Crippen molar-refractivity contribution in [3.05, 3.63) is 24.3 Å². The molecule has 0 atom stereocenters. The molecule has 0 saturated heterocycles. The summed E-state index contributed by atoms with van der Waals surface area (Å²) >= 11 is 0. The van der Waals surface area contributed by atoms with Crippen molar-refractivity contribution >= 4 is 10.0 Å². The van der Waals surface area contributed by atoms with Gasteiger partial charge in [0.2, 0.25) is 10.0 Å². The van der Waals surface area contributed by atoms with Crippen molar-refractivity contribution in [2.75, 3.05) is 13.7 Å². The monoisotopic (exact) mass is 293 g/mol. The largest absolute Gasteiger partial charge is 0.488 e. The van der Waals surface area contributed by atoms with Crippen LogP contribution < -0.4 is 4.74 Å². The smallest absolute Gasteiger partial charge is 0.272 e. The van der Waals surface area contributed by atoms with Gasteiger partial charge < -0.3 is 4.74 Å². The Kier molecular flexibility index (Phi) is 5.25. The van der Waals surface area contributed by atoms with Gasteiger partial charge in [-0.05, 0) is 38.1 Å². The van der Waals surface area contributed by atoms with E-state index in [2.05, 4.69) is 0 Å². The molecule has 0 spiro atoms. The van der Waals surface area contributed by atoms with E-state index in [1.165, 1.54) is 35.6 Å². The van der Waals surface area contributed by atoms with Crippen molar-refractivity contribution in [2.24, 2.45) is 0 Å². The van der Waals surface area contributed by atoms with Gasteiger partial charge in [0.05, 0.1) is 4.90 Å². The van der Waals surface area contributed by atoms with E-state index in [9.17, 15) is 17.2 Å². The van der Waals surface area contributed by atoms with Crippen molar-refractivity contribution < 1.29 is 21.9 Å². The van der Waals surface area contributed by atoms with Crippen LogP contribution >= 0.6 is 0 Å². The van der Waals surface area contributed by atoms with Crippen LogP contribution in [0.2, 0.25) is 0 Å². The average Bonchev–Trinajstić information content (AvgIpc) is 2.35. The van der Waals surface area contributed by atoms with Crippen LogP contribution in [-0.4, -0.2) is 38.8 Å². The van der Waals surface area contributed by atoms with Crippen LogP contribution in [-0.2, 0) is 10.0 Å². The first-order chi connectivity index (χ1) is 8.75. The molecular formula is C12H17F2NO3S. The number of alkyl halides is 2. The normalized spacial score (nSPS) is 12.4. The van der Waals surface area contributed by atoms with Crippen LogP contribution in [0.4, 0.5) is 8.78 Å². The van der Waals surface area contributed by atoms with Crippen molar-refractivity contribution in [1.82, 2.24) is 4.31 Å². The Balaban J connectivity index is 2.87. The van der Waals surface area contributed by atoms with Gasteiger partial charge in [0.25, 0.3) is 6.43 Å². The number of hydrogen-bond donors (Lipinski definition) is 0. The summed E-state index contributed by atoms with van der Waals surface area (Å²) in [6.07, 6.45) is -2.56. The fourth-order valence-corrected chi connectivity index (χ4v) is 2.68. The van der Waals surface area contributed by atoms with Gasteiger partial charge in [-0.25, -0.2) is 17.2 Å². The molecule has 0 bridgehead atoms. The first-order valence-corrected chi connectivity index (χ1v) is 7.18. The maximum absolute atomic E-state index is 12.1. The molecule has 1 aromatic rings. The molecule has 0 heterocycles. The number of hydrogen-bond acceptors (Lipinski definition) is 3. The Morgan fingerprint density at radius 2 is 1.74 bits per heavy atom. The molecule has 4 nitrogen and oxygen atoms in total. The van der Waals surface area contributed by atoms with Gasteiger partial charge in [-0.1, -0.05) is 0 Å². The molecule has 0 aliphatic rings. The van der Waals surface area contributed by atoms with Gasteiger partial charge >= 0.3 is 0 Å². The highest BCUT2D eigenvalue weighted by Gasteiger charge is 2.22. The van der Waals surface area contributed by atoms with Gasteiger partial charge in [-0.2, -0.15) is 4.31 Å². The van der Waals surface area contributed by atoms with Crippen LogP contribution in [0, 0.1) is 0 Å². The molecule has 108 valence electrons. The molecule has 7 heteroatoms. The minimum atomic E-state index is -3.56. The molecule has 0 saturated carbocycles. The van der Waals surface area contributed by atoms with Crippen molar-refractivity contribution in [3.63, 3.8) is 0 Å². The number of nitrogens with zero attached hydrogens (tertiary/aromatic N) is 1. The van der Waals surface area contributed by atoms with Gasteiger partial charge in [-0.15, -0.1) is 0 Å². The summed E-state index contributed by atoms with van der Waals surface area (Å²) in [6.45, 7) is 2.81. The van der Waals surface area contributed by atoms with E-state index >= 15 is 0 Å². The van der Waals surface area contributed by atoms with Gasteiger partial charge in [0.15, 0.2) is 0 Å². The SMILES string of the molecule is CC(C)N(C)S(=O)(=O)c1ccc(OCC(F)F)cc1. The van der Waals surface area contributed by atoms with Crippen LogP contribution in [0.25, 0.3) is 0 Å². The second-order valence-corrected chi connectivity index (χ2v) is 6.29. The van der Waals surface area contributed by atoms with Crippen molar-refractivity contribution in [3.8, 4) is 5.75 Å². The Bertz CT molecular complexity index is 500. The van der Waals surface area contributed by atoms with Gasteiger partial charge in [-0.3, -0.25) is 0 Å². The minimum absolute atomic E-state index is 0.105. The molecule has 0 fully saturated rings. The summed E-state index contributed by atoms with van der Waals surface area (Å²) in [7, 11) is -2.07. The third-order valence-corrected chi connectivity index (χ3v) is 4.65. The minimum Gasteiger partial charge on any atom is -0.488 e. The fraction of sp³-hybridized carbons (Fsp3) is 0.500. The van der Waals surface area contributed by atoms with E-state index in [1.807, 2.05) is 0 Å². The first kappa shape index (κ1) is 15.8. The number of benzene rings is 1. The number of halogens is 2. The van der Waals surface area contributed by atoms with Crippen LogP contribution in [0.5, 0.6) is 5.75 Å². The predicted molar refractivity (Wildman–Crippen MR) is 68.0 cm³/mol. The quantitative estimate of drug-likeness (QED) is 0.809. The van der Waals surface area contributed by atoms with E-state index < -0.39 is 23.1 Å². The van der Waals surface area contributed by atoms with E-state index in [-0.39, 0.29) is 16.7 Å². The lowest BCUT2D eigenvalue weighted by atomic mass is 10.3. The highest BCUT2D eigenvalue weighted by molar-refractivity contribution is 7.89. The molecule has 0 N–H and O–H groups in total. The highest BCUT2D eigenvalue weighted by Crippen LogP contribution is 2.20. The van der Waals surface area contributed by atoms with Crippen LogP contribution in [0.15, 0.2) is 29.2 Å². The lowest BCUT2D eigenvalue weighted by molar-refractivity contribution is 0.0819. The van der Waals surface area contributed by atoms with Crippen LogP contribution in [0.1, 0.15) is 13.8 Å². The molecule has 0 aliphatic carbocycles. The molecule has 0 radical (unpaired) electrons. The molecule has 0 aliphatic heterocycles. The third kappa shape index (κ3) is 4.14. The first-order valence-electron chi connectivity index (χ1n) is 5.74. The average molecular weight is 293 g/mol. The molecule has 0 unspecified atom stereocenters. The van der Waals surface area contributed by atoms with E-state index in [0.29, 0.717) is 0 Å². The highest BCUT2D eigenvalue weighted by atomic mass is 32.2. The molecule has 0 aromatic heterocycles. The maximum Gasteiger partial charge on any atom is 0.272 e. The Hall–Kier alpha value is -1.21. The molecule has 19 heavy (non-hydrogen) atoms. The summed E-state index contributed by atoms with van der Waals surface area (Å²) in [5.74, 6) is 0.214. The molecule has 1 rings (SSSR count). The molecule has 0 amide bonds. The zero-order valence-electron chi connectivity index (χ0n) is 11.0. The summed E-state index contributed by atoms with van der Waals surface area (Å²) < 4.78 is 54.2. The number of sulfonamides is 1. The summed E-state index contributed by atoms with van der Waals surface area (Å²) in [5.41, 5.74) is 0. The lowest BCUT2D eigenvalue weighted by Crippen LogP contribution is -2.32. The second-order valence-electron chi connectivity index (χ2n) is 4.29. The van der Waals surface area contributed by atoms with E-state index in [0.717, 1.165) is 0 Å². The maximum atomic E-state index is 12.1. The molecular weight excluding hydrogens is 276 g/mol. The predicted octanol–water partition coefficient (Wildman–Crippen LogP) is 2.36. The summed E-state index contributed by atoms with van der Waals surface area (Å²) in [4.78, 5) is 0.105. The van der Waals surface area contributed by atoms with Gasteiger partial charge in [0.1, 0.15) is 12.4 Å². The Morgan fingerprint density at radius 1 is 1.21 bits per heavy atom. The van der Waals surface area contributed by atoms with E-state index in [4.69, 9.17) is 4.74 Å². The summed E-state index contributed by atoms with van der Waals surface area (Å²) in [6, 6.07) is 5.25. The van der Waals surface area contributed by atoms with Gasteiger partial charge in [0, 0.05) is 13.1 Å². The van der Waals surface area contributed by atoms with E-state index in [1.54, 1.807) is 13.8 Å². The number of ether oxygens (including phenoxy) is 1.